The van der Waals surface area contributed by atoms with Gasteiger partial charge in [0.25, 0.3) is 0 Å². The number of nitrogens with zero attached hydrogens (tertiary/aromatic N) is 1. The molecule has 1 aromatic rings. The van der Waals surface area contributed by atoms with E-state index in [4.69, 9.17) is 0 Å². The van der Waals surface area contributed by atoms with Gasteiger partial charge in [-0.25, -0.2) is 0 Å². The summed E-state index contributed by atoms with van der Waals surface area (Å²) in [6.07, 6.45) is 5.02. The molecule has 0 atom stereocenters. The molecule has 2 rings (SSSR count). The highest BCUT2D eigenvalue weighted by atomic mass is 16.3. The van der Waals surface area contributed by atoms with Gasteiger partial charge in [-0.3, -0.25) is 0 Å². The van der Waals surface area contributed by atoms with Gasteiger partial charge in [-0.1, -0.05) is 26.0 Å². The van der Waals surface area contributed by atoms with Gasteiger partial charge in [0.2, 0.25) is 0 Å². The largest absolute Gasteiger partial charge is 0.508 e. The third-order valence-corrected chi connectivity index (χ3v) is 4.28. The highest BCUT2D eigenvalue weighted by Gasteiger charge is 2.38. The molecule has 0 aliphatic heterocycles. The van der Waals surface area contributed by atoms with Gasteiger partial charge >= 0.3 is 0 Å². The third kappa shape index (κ3) is 2.85. The summed E-state index contributed by atoms with van der Waals surface area (Å²) in [5, 5.41) is 18.8. The van der Waals surface area contributed by atoms with Crippen molar-refractivity contribution in [2.45, 2.75) is 46.0 Å². The lowest BCUT2D eigenvalue weighted by atomic mass is 9.64. The molecule has 0 saturated heterocycles. The fraction of sp³-hybridized carbons (Fsp3) is 0.562. The van der Waals surface area contributed by atoms with Gasteiger partial charge in [0, 0.05) is 0 Å². The van der Waals surface area contributed by atoms with Crippen molar-refractivity contribution in [2.75, 3.05) is 0 Å². The normalized spacial score (nSPS) is 21.2. The number of hydrogen-bond donors (Lipinski definition) is 1. The lowest BCUT2D eigenvalue weighted by molar-refractivity contribution is 0.146. The van der Waals surface area contributed by atoms with E-state index in [1.807, 2.05) is 12.1 Å². The van der Waals surface area contributed by atoms with Crippen molar-refractivity contribution in [1.82, 2.24) is 0 Å². The minimum atomic E-state index is -0.202. The maximum atomic E-state index is 9.53. The van der Waals surface area contributed by atoms with Crippen LogP contribution in [0, 0.1) is 22.2 Å². The van der Waals surface area contributed by atoms with Gasteiger partial charge in [0.1, 0.15) is 5.75 Å². The van der Waals surface area contributed by atoms with Crippen molar-refractivity contribution in [1.29, 1.82) is 5.26 Å². The number of rotatable bonds is 2. The maximum absolute atomic E-state index is 9.53. The van der Waals surface area contributed by atoms with Crippen LogP contribution < -0.4 is 0 Å². The average molecular weight is 243 g/mol. The van der Waals surface area contributed by atoms with Crippen molar-refractivity contribution in [3.63, 3.8) is 0 Å². The summed E-state index contributed by atoms with van der Waals surface area (Å²) in [5.41, 5.74) is 1.33. The zero-order valence-corrected chi connectivity index (χ0v) is 11.2. The van der Waals surface area contributed by atoms with Gasteiger partial charge in [0.15, 0.2) is 0 Å². The number of benzene rings is 1. The van der Waals surface area contributed by atoms with E-state index in [2.05, 4.69) is 19.9 Å². The minimum absolute atomic E-state index is 0.202. The van der Waals surface area contributed by atoms with Crippen LogP contribution >= 0.6 is 0 Å². The first kappa shape index (κ1) is 13.0. The first-order valence-electron chi connectivity index (χ1n) is 6.64. The molecule has 0 spiro atoms. The molecule has 1 aliphatic carbocycles. The molecule has 18 heavy (non-hydrogen) atoms. The van der Waals surface area contributed by atoms with Gasteiger partial charge < -0.3 is 5.11 Å². The standard InChI is InChI=1S/C16H21NO/c1-15(2)7-9-16(12-17,10-8-15)11-13-3-5-14(18)6-4-13/h3-6,18H,7-11H2,1-2H3. The van der Waals surface area contributed by atoms with E-state index in [0.717, 1.165) is 37.7 Å². The fourth-order valence-corrected chi connectivity index (χ4v) is 2.74. The van der Waals surface area contributed by atoms with Crippen LogP contribution in [0.3, 0.4) is 0 Å². The summed E-state index contributed by atoms with van der Waals surface area (Å²) in [6.45, 7) is 4.57. The predicted molar refractivity (Wildman–Crippen MR) is 72.1 cm³/mol. The molecule has 0 radical (unpaired) electrons. The Morgan fingerprint density at radius 3 is 2.17 bits per heavy atom. The van der Waals surface area contributed by atoms with E-state index >= 15 is 0 Å². The smallest absolute Gasteiger partial charge is 0.115 e. The Kier molecular flexibility index (Phi) is 3.34. The van der Waals surface area contributed by atoms with E-state index in [-0.39, 0.29) is 11.2 Å². The summed E-state index contributed by atoms with van der Waals surface area (Å²) < 4.78 is 0. The van der Waals surface area contributed by atoms with Crippen molar-refractivity contribution in [2.24, 2.45) is 10.8 Å². The van der Waals surface area contributed by atoms with Crippen LogP contribution in [0.5, 0.6) is 5.75 Å². The van der Waals surface area contributed by atoms with Gasteiger partial charge in [-0.15, -0.1) is 0 Å². The van der Waals surface area contributed by atoms with E-state index < -0.39 is 0 Å². The van der Waals surface area contributed by atoms with Gasteiger partial charge in [0.05, 0.1) is 11.5 Å². The Morgan fingerprint density at radius 1 is 1.11 bits per heavy atom. The van der Waals surface area contributed by atoms with Crippen LogP contribution in [-0.2, 0) is 6.42 Å². The average Bonchev–Trinajstić information content (AvgIpc) is 2.35. The molecule has 1 fully saturated rings. The lowest BCUT2D eigenvalue weighted by Gasteiger charge is -2.39. The number of phenols is 1. The van der Waals surface area contributed by atoms with Gasteiger partial charge in [-0.05, 0) is 55.2 Å². The van der Waals surface area contributed by atoms with E-state index in [1.54, 1.807) is 12.1 Å². The lowest BCUT2D eigenvalue weighted by Crippen LogP contribution is -2.31. The minimum Gasteiger partial charge on any atom is -0.508 e. The first-order valence-corrected chi connectivity index (χ1v) is 6.64. The second-order valence-corrected chi connectivity index (χ2v) is 6.40. The monoisotopic (exact) mass is 243 g/mol. The molecule has 0 heterocycles. The number of phenolic OH excluding ortho intramolecular Hbond substituents is 1. The van der Waals surface area contributed by atoms with Crippen LogP contribution in [0.2, 0.25) is 0 Å². The molecular formula is C16H21NO. The van der Waals surface area contributed by atoms with Crippen molar-refractivity contribution in [3.8, 4) is 11.8 Å². The van der Waals surface area contributed by atoms with Crippen LogP contribution in [0.15, 0.2) is 24.3 Å². The van der Waals surface area contributed by atoms with Crippen LogP contribution in [0.25, 0.3) is 0 Å². The Labute approximate surface area is 109 Å². The fourth-order valence-electron chi connectivity index (χ4n) is 2.74. The number of aromatic hydroxyl groups is 1. The Hall–Kier alpha value is -1.49. The molecule has 0 aromatic heterocycles. The highest BCUT2D eigenvalue weighted by Crippen LogP contribution is 2.46. The molecule has 1 saturated carbocycles. The number of hydrogen-bond acceptors (Lipinski definition) is 2. The topological polar surface area (TPSA) is 44.0 Å². The SMILES string of the molecule is CC1(C)CCC(C#N)(Cc2ccc(O)cc2)CC1. The molecule has 0 amide bonds. The molecule has 2 heteroatoms. The van der Waals surface area contributed by atoms with Gasteiger partial charge in [-0.2, -0.15) is 5.26 Å². The molecule has 1 N–H and O–H groups in total. The summed E-state index contributed by atoms with van der Waals surface area (Å²) in [6, 6.07) is 9.81. The Bertz CT molecular complexity index is 443. The van der Waals surface area contributed by atoms with E-state index in [0.29, 0.717) is 5.41 Å². The van der Waals surface area contributed by atoms with Crippen LogP contribution in [0.1, 0.15) is 45.1 Å². The summed E-state index contributed by atoms with van der Waals surface area (Å²) in [4.78, 5) is 0. The summed E-state index contributed by atoms with van der Waals surface area (Å²) in [7, 11) is 0. The molecule has 1 aromatic carbocycles. The quantitative estimate of drug-likeness (QED) is 0.851. The van der Waals surface area contributed by atoms with E-state index in [9.17, 15) is 10.4 Å². The summed E-state index contributed by atoms with van der Waals surface area (Å²) >= 11 is 0. The Balaban J connectivity index is 2.11. The molecule has 96 valence electrons. The van der Waals surface area contributed by atoms with Crippen LogP contribution in [-0.4, -0.2) is 5.11 Å². The second kappa shape index (κ2) is 4.65. The zero-order chi connectivity index (χ0) is 13.2. The first-order chi connectivity index (χ1) is 8.45. The molecule has 2 nitrogen and oxygen atoms in total. The molecule has 0 unspecified atom stereocenters. The predicted octanol–water partition coefficient (Wildman–Crippen LogP) is 4.04. The Morgan fingerprint density at radius 2 is 1.67 bits per heavy atom. The van der Waals surface area contributed by atoms with Crippen molar-refractivity contribution < 1.29 is 5.11 Å². The molecule has 1 aliphatic rings. The highest BCUT2D eigenvalue weighted by molar-refractivity contribution is 5.28. The molecular weight excluding hydrogens is 222 g/mol. The summed E-state index contributed by atoms with van der Waals surface area (Å²) in [5.74, 6) is 0.287. The molecule has 0 bridgehead atoms. The van der Waals surface area contributed by atoms with Crippen molar-refractivity contribution >= 4 is 0 Å². The second-order valence-electron chi connectivity index (χ2n) is 6.40. The zero-order valence-electron chi connectivity index (χ0n) is 11.2. The van der Waals surface area contributed by atoms with Crippen molar-refractivity contribution in [3.05, 3.63) is 29.8 Å². The maximum Gasteiger partial charge on any atom is 0.115 e. The van der Waals surface area contributed by atoms with E-state index in [1.165, 1.54) is 0 Å². The number of nitriles is 1. The van der Waals surface area contributed by atoms with Crippen LogP contribution in [0.4, 0.5) is 0 Å². The third-order valence-electron chi connectivity index (χ3n) is 4.28.